The number of aryl methyl sites for hydroxylation is 1. The average Bonchev–Trinajstić information content (AvgIpc) is 2.73. The molecule has 2 rings (SSSR count). The van der Waals surface area contributed by atoms with Gasteiger partial charge in [0.05, 0.1) is 0 Å². The van der Waals surface area contributed by atoms with Crippen molar-refractivity contribution in [1.29, 1.82) is 0 Å². The highest BCUT2D eigenvalue weighted by molar-refractivity contribution is 7.99. The molecule has 156 valence electrons. The van der Waals surface area contributed by atoms with E-state index in [1.807, 2.05) is 51.1 Å². The molecule has 1 N–H and O–H groups in total. The number of carbonyl (C=O) groups excluding carboxylic acids is 2. The fourth-order valence-corrected chi connectivity index (χ4v) is 3.70. The summed E-state index contributed by atoms with van der Waals surface area (Å²) in [7, 11) is 0. The van der Waals surface area contributed by atoms with Crippen LogP contribution in [0.25, 0.3) is 0 Å². The van der Waals surface area contributed by atoms with Crippen LogP contribution in [0.1, 0.15) is 44.7 Å². The van der Waals surface area contributed by atoms with Crippen molar-refractivity contribution in [2.75, 3.05) is 5.75 Å². The number of amides is 2. The van der Waals surface area contributed by atoms with Crippen LogP contribution in [0.4, 0.5) is 0 Å². The summed E-state index contributed by atoms with van der Waals surface area (Å²) in [5.41, 5.74) is 2.25. The Morgan fingerprint density at radius 1 is 1.03 bits per heavy atom. The van der Waals surface area contributed by atoms with Crippen molar-refractivity contribution in [3.05, 3.63) is 65.7 Å². The van der Waals surface area contributed by atoms with E-state index in [1.54, 1.807) is 16.7 Å². The van der Waals surface area contributed by atoms with Gasteiger partial charge < -0.3 is 10.2 Å². The first-order valence-electron chi connectivity index (χ1n) is 10.2. The molecule has 0 heterocycles. The average molecular weight is 413 g/mol. The second kappa shape index (κ2) is 11.7. The van der Waals surface area contributed by atoms with Gasteiger partial charge in [0.25, 0.3) is 0 Å². The fourth-order valence-electron chi connectivity index (χ4n) is 2.86. The van der Waals surface area contributed by atoms with Gasteiger partial charge in [0.15, 0.2) is 0 Å². The number of rotatable bonds is 10. The Kier molecular flexibility index (Phi) is 9.26. The third-order valence-corrected chi connectivity index (χ3v) is 5.98. The third kappa shape index (κ3) is 7.58. The van der Waals surface area contributed by atoms with Crippen molar-refractivity contribution in [1.82, 2.24) is 10.2 Å². The second-order valence-corrected chi connectivity index (χ2v) is 8.58. The lowest BCUT2D eigenvalue weighted by Crippen LogP contribution is -2.49. The minimum atomic E-state index is -0.513. The van der Waals surface area contributed by atoms with Gasteiger partial charge in [-0.2, -0.15) is 0 Å². The molecule has 0 aliphatic heterocycles. The summed E-state index contributed by atoms with van der Waals surface area (Å²) in [5, 5.41) is 3.00. The van der Waals surface area contributed by atoms with Crippen molar-refractivity contribution in [2.24, 2.45) is 0 Å². The van der Waals surface area contributed by atoms with Crippen LogP contribution in [0.5, 0.6) is 0 Å². The van der Waals surface area contributed by atoms with E-state index in [9.17, 15) is 9.59 Å². The van der Waals surface area contributed by atoms with Crippen molar-refractivity contribution < 1.29 is 9.59 Å². The highest BCUT2D eigenvalue weighted by Crippen LogP contribution is 2.20. The topological polar surface area (TPSA) is 49.4 Å². The number of thioether (sulfide) groups is 1. The first-order chi connectivity index (χ1) is 13.9. The van der Waals surface area contributed by atoms with E-state index in [-0.39, 0.29) is 17.9 Å². The summed E-state index contributed by atoms with van der Waals surface area (Å²) < 4.78 is 0. The number of carbonyl (C=O) groups is 2. The van der Waals surface area contributed by atoms with Crippen LogP contribution in [-0.4, -0.2) is 34.6 Å². The molecular weight excluding hydrogens is 380 g/mol. The maximum absolute atomic E-state index is 13.0. The Balaban J connectivity index is 2.03. The number of nitrogens with zero attached hydrogens (tertiary/aromatic N) is 1. The molecule has 4 nitrogen and oxygen atoms in total. The van der Waals surface area contributed by atoms with Crippen LogP contribution in [0, 0.1) is 6.92 Å². The molecular formula is C24H32N2O2S. The standard InChI is InChI=1S/C24H32N2O2S/c1-5-19(3)25-24(28)20(4)26(17-21-9-7-6-8-10-21)23(27)15-16-29-22-13-11-18(2)12-14-22/h6-14,19-20H,5,15-17H2,1-4H3,(H,25,28)/t19-,20+/m1/s1. The third-order valence-electron chi connectivity index (χ3n) is 4.97. The lowest BCUT2D eigenvalue weighted by atomic mass is 10.1. The molecule has 0 fully saturated rings. The van der Waals surface area contributed by atoms with Crippen LogP contribution in [-0.2, 0) is 16.1 Å². The monoisotopic (exact) mass is 412 g/mol. The van der Waals surface area contributed by atoms with E-state index < -0.39 is 6.04 Å². The first-order valence-corrected chi connectivity index (χ1v) is 11.2. The van der Waals surface area contributed by atoms with E-state index in [0.29, 0.717) is 18.7 Å². The largest absolute Gasteiger partial charge is 0.352 e. The lowest BCUT2D eigenvalue weighted by Gasteiger charge is -2.29. The Morgan fingerprint density at radius 2 is 1.69 bits per heavy atom. The van der Waals surface area contributed by atoms with Gasteiger partial charge in [-0.3, -0.25) is 9.59 Å². The molecule has 2 amide bonds. The number of benzene rings is 2. The molecule has 2 aromatic carbocycles. The Bertz CT molecular complexity index is 777. The molecule has 0 bridgehead atoms. The van der Waals surface area contributed by atoms with Crippen molar-refractivity contribution in [3.63, 3.8) is 0 Å². The van der Waals surface area contributed by atoms with Crippen molar-refractivity contribution in [3.8, 4) is 0 Å². The molecule has 0 saturated heterocycles. The number of nitrogens with one attached hydrogen (secondary N) is 1. The van der Waals surface area contributed by atoms with Gasteiger partial charge in [-0.15, -0.1) is 11.8 Å². The molecule has 5 heteroatoms. The molecule has 2 aromatic rings. The summed E-state index contributed by atoms with van der Waals surface area (Å²) in [6.07, 6.45) is 1.25. The highest BCUT2D eigenvalue weighted by atomic mass is 32.2. The molecule has 0 aliphatic rings. The van der Waals surface area contributed by atoms with Crippen molar-refractivity contribution >= 4 is 23.6 Å². The fraction of sp³-hybridized carbons (Fsp3) is 0.417. The summed E-state index contributed by atoms with van der Waals surface area (Å²) in [6.45, 7) is 8.32. The van der Waals surface area contributed by atoms with E-state index in [4.69, 9.17) is 0 Å². The minimum Gasteiger partial charge on any atom is -0.352 e. The molecule has 0 unspecified atom stereocenters. The zero-order valence-electron chi connectivity index (χ0n) is 17.9. The van der Waals surface area contributed by atoms with E-state index in [0.717, 1.165) is 16.9 Å². The number of hydrogen-bond acceptors (Lipinski definition) is 3. The number of hydrogen-bond donors (Lipinski definition) is 1. The normalized spacial score (nSPS) is 12.8. The Labute approximate surface area is 179 Å². The summed E-state index contributed by atoms with van der Waals surface area (Å²) in [6, 6.07) is 17.7. The molecule has 0 saturated carbocycles. The SMILES string of the molecule is CC[C@@H](C)NC(=O)[C@H](C)N(Cc1ccccc1)C(=O)CCSc1ccc(C)cc1. The van der Waals surface area contributed by atoms with E-state index in [2.05, 4.69) is 36.5 Å². The van der Waals surface area contributed by atoms with Gasteiger partial charge in [0, 0.05) is 29.7 Å². The van der Waals surface area contributed by atoms with Crippen LogP contribution >= 0.6 is 11.8 Å². The molecule has 0 spiro atoms. The second-order valence-electron chi connectivity index (χ2n) is 7.41. The smallest absolute Gasteiger partial charge is 0.242 e. The zero-order chi connectivity index (χ0) is 21.2. The van der Waals surface area contributed by atoms with Gasteiger partial charge in [0.1, 0.15) is 6.04 Å². The predicted octanol–water partition coefficient (Wildman–Crippen LogP) is 4.81. The van der Waals surface area contributed by atoms with Gasteiger partial charge in [-0.1, -0.05) is 55.0 Å². The quantitative estimate of drug-likeness (QED) is 0.570. The predicted molar refractivity (Wildman–Crippen MR) is 121 cm³/mol. The maximum Gasteiger partial charge on any atom is 0.242 e. The minimum absolute atomic E-state index is 0.000247. The molecule has 0 aromatic heterocycles. The first kappa shape index (κ1) is 23.0. The summed E-state index contributed by atoms with van der Waals surface area (Å²) in [4.78, 5) is 28.5. The highest BCUT2D eigenvalue weighted by Gasteiger charge is 2.26. The zero-order valence-corrected chi connectivity index (χ0v) is 18.7. The van der Waals surface area contributed by atoms with E-state index >= 15 is 0 Å². The Morgan fingerprint density at radius 3 is 2.31 bits per heavy atom. The summed E-state index contributed by atoms with van der Waals surface area (Å²) >= 11 is 1.67. The maximum atomic E-state index is 13.0. The molecule has 2 atom stereocenters. The summed E-state index contributed by atoms with van der Waals surface area (Å²) in [5.74, 6) is 0.586. The van der Waals surface area contributed by atoms with Gasteiger partial charge in [0.2, 0.25) is 11.8 Å². The molecule has 0 radical (unpaired) electrons. The van der Waals surface area contributed by atoms with Crippen LogP contribution in [0.15, 0.2) is 59.5 Å². The Hall–Kier alpha value is -2.27. The van der Waals surface area contributed by atoms with Crippen molar-refractivity contribution in [2.45, 2.75) is 64.1 Å². The van der Waals surface area contributed by atoms with Gasteiger partial charge >= 0.3 is 0 Å². The van der Waals surface area contributed by atoms with Crippen LogP contribution < -0.4 is 5.32 Å². The van der Waals surface area contributed by atoms with Gasteiger partial charge in [-0.05, 0) is 44.9 Å². The molecule has 0 aliphatic carbocycles. The van der Waals surface area contributed by atoms with Crippen LogP contribution in [0.3, 0.4) is 0 Å². The van der Waals surface area contributed by atoms with Gasteiger partial charge in [-0.25, -0.2) is 0 Å². The van der Waals surface area contributed by atoms with E-state index in [1.165, 1.54) is 5.56 Å². The van der Waals surface area contributed by atoms with Crippen LogP contribution in [0.2, 0.25) is 0 Å². The molecule has 29 heavy (non-hydrogen) atoms. The lowest BCUT2D eigenvalue weighted by molar-refractivity contribution is -0.140.